The third-order valence-corrected chi connectivity index (χ3v) is 5.56. The third-order valence-electron chi connectivity index (χ3n) is 5.56. The van der Waals surface area contributed by atoms with Crippen LogP contribution >= 0.6 is 0 Å². The molecular formula is C26H20N2O7. The van der Waals surface area contributed by atoms with Crippen molar-refractivity contribution in [2.45, 2.75) is 19.8 Å². The van der Waals surface area contributed by atoms with Crippen LogP contribution in [-0.4, -0.2) is 35.1 Å². The van der Waals surface area contributed by atoms with Crippen molar-refractivity contribution in [3.05, 3.63) is 105 Å². The van der Waals surface area contributed by atoms with Gasteiger partial charge in [-0.25, -0.2) is 9.69 Å². The number of hydrogen-bond donors (Lipinski definition) is 0. The van der Waals surface area contributed by atoms with E-state index in [9.17, 15) is 29.3 Å². The van der Waals surface area contributed by atoms with Crippen LogP contribution in [0.3, 0.4) is 0 Å². The number of benzene rings is 3. The average Bonchev–Trinajstić information content (AvgIpc) is 3.13. The number of carbonyl (C=O) groups excluding carboxylic acids is 4. The van der Waals surface area contributed by atoms with Crippen LogP contribution in [0.4, 0.5) is 11.4 Å². The van der Waals surface area contributed by atoms with E-state index >= 15 is 0 Å². The van der Waals surface area contributed by atoms with E-state index in [1.807, 2.05) is 6.92 Å². The first-order valence-corrected chi connectivity index (χ1v) is 10.9. The van der Waals surface area contributed by atoms with E-state index in [0.29, 0.717) is 12.2 Å². The molecule has 3 aromatic carbocycles. The number of nitrogens with zero attached hydrogens (tertiary/aromatic N) is 2. The van der Waals surface area contributed by atoms with Crippen molar-refractivity contribution in [2.24, 2.45) is 0 Å². The molecule has 35 heavy (non-hydrogen) atoms. The van der Waals surface area contributed by atoms with Gasteiger partial charge >= 0.3 is 5.97 Å². The molecule has 3 aromatic rings. The summed E-state index contributed by atoms with van der Waals surface area (Å²) in [6, 6.07) is 15.3. The highest BCUT2D eigenvalue weighted by molar-refractivity contribution is 6.35. The number of anilines is 1. The van der Waals surface area contributed by atoms with Gasteiger partial charge in [-0.3, -0.25) is 24.5 Å². The van der Waals surface area contributed by atoms with Crippen LogP contribution in [0.5, 0.6) is 0 Å². The molecule has 0 atom stereocenters. The summed E-state index contributed by atoms with van der Waals surface area (Å²) in [5.74, 6) is -2.17. The smallest absolute Gasteiger partial charge is 0.338 e. The highest BCUT2D eigenvalue weighted by Crippen LogP contribution is 2.30. The highest BCUT2D eigenvalue weighted by Gasteiger charge is 2.37. The number of carbonyl (C=O) groups is 4. The molecule has 0 spiro atoms. The molecule has 176 valence electrons. The Morgan fingerprint density at radius 1 is 0.886 bits per heavy atom. The number of esters is 1. The average molecular weight is 472 g/mol. The molecule has 0 aliphatic carbocycles. The maximum absolute atomic E-state index is 13.1. The maximum Gasteiger partial charge on any atom is 0.338 e. The standard InChI is InChI=1S/C26H20N2O7/c1-2-3-13-35-26(32)16-7-10-19(11-8-16)27-24(30)21-12-9-18(15-22(21)25(27)31)23(29)17-5-4-6-20(14-17)28(33)34/h4-12,14-15H,2-3,13H2,1H3. The monoisotopic (exact) mass is 472 g/mol. The number of rotatable bonds is 8. The predicted octanol–water partition coefficient (Wildman–Crippen LogP) is 4.58. The van der Waals surface area contributed by atoms with E-state index in [1.54, 1.807) is 0 Å². The minimum atomic E-state index is -0.614. The Balaban J connectivity index is 1.57. The molecular weight excluding hydrogens is 452 g/mol. The normalized spacial score (nSPS) is 12.4. The molecule has 2 amide bonds. The Labute approximate surface area is 200 Å². The van der Waals surface area contributed by atoms with Crippen molar-refractivity contribution in [1.82, 2.24) is 0 Å². The van der Waals surface area contributed by atoms with Gasteiger partial charge in [0, 0.05) is 23.3 Å². The molecule has 0 aromatic heterocycles. The van der Waals surface area contributed by atoms with Crippen LogP contribution in [0.25, 0.3) is 0 Å². The topological polar surface area (TPSA) is 124 Å². The zero-order valence-corrected chi connectivity index (χ0v) is 18.7. The van der Waals surface area contributed by atoms with Gasteiger partial charge < -0.3 is 4.74 Å². The van der Waals surface area contributed by atoms with E-state index in [4.69, 9.17) is 4.74 Å². The minimum Gasteiger partial charge on any atom is -0.462 e. The Bertz CT molecular complexity index is 1360. The maximum atomic E-state index is 13.1. The largest absolute Gasteiger partial charge is 0.462 e. The molecule has 0 saturated carbocycles. The fourth-order valence-corrected chi connectivity index (χ4v) is 3.68. The summed E-state index contributed by atoms with van der Waals surface area (Å²) in [5.41, 5.74) is 0.737. The highest BCUT2D eigenvalue weighted by atomic mass is 16.6. The van der Waals surface area contributed by atoms with Gasteiger partial charge in [-0.1, -0.05) is 31.5 Å². The molecule has 1 heterocycles. The molecule has 0 radical (unpaired) electrons. The first kappa shape index (κ1) is 23.5. The Morgan fingerprint density at radius 3 is 2.23 bits per heavy atom. The summed E-state index contributed by atoms with van der Waals surface area (Å²) >= 11 is 0. The summed E-state index contributed by atoms with van der Waals surface area (Å²) < 4.78 is 5.16. The van der Waals surface area contributed by atoms with Gasteiger partial charge in [0.25, 0.3) is 17.5 Å². The van der Waals surface area contributed by atoms with E-state index < -0.39 is 28.5 Å². The molecule has 1 aliphatic heterocycles. The van der Waals surface area contributed by atoms with E-state index in [2.05, 4.69) is 0 Å². The SMILES string of the molecule is CCCCOC(=O)c1ccc(N2C(=O)c3ccc(C(=O)c4cccc([N+](=O)[O-])c4)cc3C2=O)cc1. The predicted molar refractivity (Wildman–Crippen MR) is 126 cm³/mol. The molecule has 9 heteroatoms. The summed E-state index contributed by atoms with van der Waals surface area (Å²) in [5, 5.41) is 11.0. The van der Waals surface area contributed by atoms with Crippen molar-refractivity contribution in [2.75, 3.05) is 11.5 Å². The van der Waals surface area contributed by atoms with E-state index in [-0.39, 0.29) is 33.6 Å². The van der Waals surface area contributed by atoms with Crippen molar-refractivity contribution in [1.29, 1.82) is 0 Å². The Morgan fingerprint density at radius 2 is 1.54 bits per heavy atom. The molecule has 9 nitrogen and oxygen atoms in total. The Hall–Kier alpha value is -4.66. The zero-order chi connectivity index (χ0) is 25.1. The Kier molecular flexibility index (Phi) is 6.50. The number of imide groups is 1. The summed E-state index contributed by atoms with van der Waals surface area (Å²) in [6.07, 6.45) is 1.65. The number of amides is 2. The van der Waals surface area contributed by atoms with Crippen molar-refractivity contribution >= 4 is 34.9 Å². The number of hydrogen-bond acceptors (Lipinski definition) is 7. The van der Waals surface area contributed by atoms with Gasteiger partial charge in [-0.05, 0) is 42.8 Å². The lowest BCUT2D eigenvalue weighted by Gasteiger charge is -2.14. The lowest BCUT2D eigenvalue weighted by molar-refractivity contribution is -0.384. The first-order chi connectivity index (χ1) is 16.8. The van der Waals surface area contributed by atoms with Crippen LogP contribution in [-0.2, 0) is 4.74 Å². The van der Waals surface area contributed by atoms with Gasteiger partial charge in [-0.2, -0.15) is 0 Å². The molecule has 0 bridgehead atoms. The number of ketones is 1. The van der Waals surface area contributed by atoms with Gasteiger partial charge in [0.05, 0.1) is 33.9 Å². The number of non-ortho nitro benzene ring substituents is 1. The molecule has 0 N–H and O–H groups in total. The third kappa shape index (κ3) is 4.56. The van der Waals surface area contributed by atoms with Gasteiger partial charge in [0.15, 0.2) is 5.78 Å². The molecule has 4 rings (SSSR count). The zero-order valence-electron chi connectivity index (χ0n) is 18.7. The summed E-state index contributed by atoms with van der Waals surface area (Å²) in [6.45, 7) is 2.30. The lowest BCUT2D eigenvalue weighted by Crippen LogP contribution is -2.29. The summed E-state index contributed by atoms with van der Waals surface area (Å²) in [7, 11) is 0. The van der Waals surface area contributed by atoms with Crippen molar-refractivity contribution in [3.63, 3.8) is 0 Å². The molecule has 0 unspecified atom stereocenters. The van der Waals surface area contributed by atoms with Crippen LogP contribution in [0, 0.1) is 10.1 Å². The minimum absolute atomic E-state index is 0.0503. The number of ether oxygens (including phenoxy) is 1. The van der Waals surface area contributed by atoms with Crippen molar-refractivity contribution in [3.8, 4) is 0 Å². The van der Waals surface area contributed by atoms with Gasteiger partial charge in [0.1, 0.15) is 0 Å². The van der Waals surface area contributed by atoms with Crippen LogP contribution in [0.15, 0.2) is 66.7 Å². The second-order valence-corrected chi connectivity index (χ2v) is 7.88. The van der Waals surface area contributed by atoms with Crippen LogP contribution in [0.2, 0.25) is 0 Å². The second-order valence-electron chi connectivity index (χ2n) is 7.88. The quantitative estimate of drug-likeness (QED) is 0.117. The second kappa shape index (κ2) is 9.68. The molecule has 0 fully saturated rings. The first-order valence-electron chi connectivity index (χ1n) is 10.9. The van der Waals surface area contributed by atoms with Crippen LogP contribution < -0.4 is 4.90 Å². The number of fused-ring (bicyclic) bond motifs is 1. The molecule has 1 aliphatic rings. The van der Waals surface area contributed by atoms with Gasteiger partial charge in [0.2, 0.25) is 0 Å². The van der Waals surface area contributed by atoms with Crippen LogP contribution in [0.1, 0.15) is 66.8 Å². The fourth-order valence-electron chi connectivity index (χ4n) is 3.68. The number of unbranched alkanes of at least 4 members (excludes halogenated alkanes) is 1. The fraction of sp³-hybridized carbons (Fsp3) is 0.154. The number of nitro groups is 1. The van der Waals surface area contributed by atoms with E-state index in [0.717, 1.165) is 23.8 Å². The lowest BCUT2D eigenvalue weighted by atomic mass is 9.99. The molecule has 0 saturated heterocycles. The van der Waals surface area contributed by atoms with Crippen molar-refractivity contribution < 1.29 is 28.8 Å². The van der Waals surface area contributed by atoms with Gasteiger partial charge in [-0.15, -0.1) is 0 Å². The number of nitro benzene ring substituents is 1. The summed E-state index contributed by atoms with van der Waals surface area (Å²) in [4.78, 5) is 62.4. The van der Waals surface area contributed by atoms with E-state index in [1.165, 1.54) is 60.7 Å².